The summed E-state index contributed by atoms with van der Waals surface area (Å²) in [6.45, 7) is 5.26. The number of hydrogen-bond acceptors (Lipinski definition) is 4. The van der Waals surface area contributed by atoms with Gasteiger partial charge in [0.1, 0.15) is 5.75 Å². The Morgan fingerprint density at radius 3 is 1.72 bits per heavy atom. The van der Waals surface area contributed by atoms with Crippen LogP contribution in [0.15, 0.2) is 60.7 Å². The van der Waals surface area contributed by atoms with E-state index in [1.54, 1.807) is 36.4 Å². The van der Waals surface area contributed by atoms with Crippen LogP contribution in [0.5, 0.6) is 17.2 Å². The zero-order valence-corrected chi connectivity index (χ0v) is 23.1. The first-order chi connectivity index (χ1) is 19.0. The minimum Gasteiger partial charge on any atom is -0.491 e. The lowest BCUT2D eigenvalue weighted by Gasteiger charge is -2.10. The summed E-state index contributed by atoms with van der Waals surface area (Å²) in [5, 5.41) is 0. The van der Waals surface area contributed by atoms with Gasteiger partial charge in [0.2, 0.25) is 0 Å². The van der Waals surface area contributed by atoms with Crippen molar-refractivity contribution in [3.05, 3.63) is 77.9 Å². The van der Waals surface area contributed by atoms with Gasteiger partial charge in [-0.1, -0.05) is 83.4 Å². The van der Waals surface area contributed by atoms with E-state index in [1.807, 2.05) is 0 Å². The summed E-state index contributed by atoms with van der Waals surface area (Å²) in [6.07, 6.45) is 11.0. The summed E-state index contributed by atoms with van der Waals surface area (Å²) in [4.78, 5) is 12.6. The van der Waals surface area contributed by atoms with E-state index in [2.05, 4.69) is 13.8 Å². The lowest BCUT2D eigenvalue weighted by Crippen LogP contribution is -2.08. The second-order valence-corrected chi connectivity index (χ2v) is 9.73. The molecule has 0 saturated carbocycles. The van der Waals surface area contributed by atoms with Crippen molar-refractivity contribution in [3.8, 4) is 28.4 Å². The molecular weight excluding hydrogens is 498 g/mol. The number of hydrogen-bond donors (Lipinski definition) is 0. The van der Waals surface area contributed by atoms with Crippen LogP contribution in [0.4, 0.5) is 8.78 Å². The number of benzene rings is 3. The molecule has 0 amide bonds. The molecule has 0 radical (unpaired) electrons. The van der Waals surface area contributed by atoms with E-state index in [-0.39, 0.29) is 17.2 Å². The first kappa shape index (κ1) is 30.1. The molecule has 0 heterocycles. The molecule has 0 bridgehead atoms. The van der Waals surface area contributed by atoms with Crippen LogP contribution in [-0.2, 0) is 0 Å². The lowest BCUT2D eigenvalue weighted by molar-refractivity contribution is 0.0734. The highest BCUT2D eigenvalue weighted by Crippen LogP contribution is 2.27. The Kier molecular flexibility index (Phi) is 12.8. The SMILES string of the molecule is CCCCCCCCOc1ccc(-c2ccc(C(=O)Oc3ccc(OCCCCCC)c(F)c3)cc2)cc1F. The summed E-state index contributed by atoms with van der Waals surface area (Å²) in [7, 11) is 0. The molecular formula is C33H40F2O4. The minimum atomic E-state index is -0.612. The van der Waals surface area contributed by atoms with Crippen LogP contribution >= 0.6 is 0 Å². The van der Waals surface area contributed by atoms with Gasteiger partial charge in [-0.3, -0.25) is 0 Å². The molecule has 3 rings (SSSR count). The van der Waals surface area contributed by atoms with Crippen molar-refractivity contribution in [1.29, 1.82) is 0 Å². The van der Waals surface area contributed by atoms with Gasteiger partial charge in [-0.05, 0) is 60.4 Å². The minimum absolute atomic E-state index is 0.0959. The Bertz CT molecular complexity index is 1160. The average molecular weight is 539 g/mol. The van der Waals surface area contributed by atoms with E-state index >= 15 is 0 Å². The summed E-state index contributed by atoms with van der Waals surface area (Å²) >= 11 is 0. The van der Waals surface area contributed by atoms with Gasteiger partial charge in [0, 0.05) is 6.07 Å². The smallest absolute Gasteiger partial charge is 0.343 e. The highest BCUT2D eigenvalue weighted by Gasteiger charge is 2.13. The van der Waals surface area contributed by atoms with E-state index in [0.29, 0.717) is 24.3 Å². The van der Waals surface area contributed by atoms with E-state index in [0.717, 1.165) is 50.2 Å². The Hall–Kier alpha value is -3.41. The molecule has 0 unspecified atom stereocenters. The van der Waals surface area contributed by atoms with E-state index < -0.39 is 17.6 Å². The molecule has 0 aliphatic heterocycles. The number of ether oxygens (including phenoxy) is 3. The Morgan fingerprint density at radius 1 is 0.615 bits per heavy atom. The number of esters is 1. The van der Waals surface area contributed by atoms with E-state index in [9.17, 15) is 13.6 Å². The summed E-state index contributed by atoms with van der Waals surface area (Å²) in [6, 6.07) is 15.6. The quantitative estimate of drug-likeness (QED) is 0.0975. The molecule has 0 aliphatic rings. The van der Waals surface area contributed by atoms with Gasteiger partial charge in [0.05, 0.1) is 18.8 Å². The summed E-state index contributed by atoms with van der Waals surface area (Å²) in [5.74, 6) is -1.13. The highest BCUT2D eigenvalue weighted by molar-refractivity contribution is 5.91. The Labute approximate surface area is 231 Å². The zero-order chi connectivity index (χ0) is 27.9. The molecule has 4 nitrogen and oxygen atoms in total. The molecule has 3 aromatic rings. The fourth-order valence-corrected chi connectivity index (χ4v) is 4.20. The van der Waals surface area contributed by atoms with Crippen LogP contribution in [0.1, 0.15) is 88.4 Å². The standard InChI is InChI=1S/C33H40F2O4/c1-3-5-7-9-10-12-22-37-31-19-17-27(23-29(31)34)25-13-15-26(16-14-25)33(36)39-28-18-20-32(30(35)24-28)38-21-11-8-6-4-2/h13-20,23-24H,3-12,21-22H2,1-2H3. The Balaban J connectivity index is 1.50. The van der Waals surface area contributed by atoms with Gasteiger partial charge in [-0.25, -0.2) is 13.6 Å². The molecule has 0 saturated heterocycles. The monoisotopic (exact) mass is 538 g/mol. The molecule has 0 atom stereocenters. The molecule has 210 valence electrons. The fourth-order valence-electron chi connectivity index (χ4n) is 4.20. The maximum Gasteiger partial charge on any atom is 0.343 e. The van der Waals surface area contributed by atoms with Gasteiger partial charge < -0.3 is 14.2 Å². The van der Waals surface area contributed by atoms with Crippen LogP contribution < -0.4 is 14.2 Å². The van der Waals surface area contributed by atoms with Crippen molar-refractivity contribution in [2.45, 2.75) is 78.1 Å². The van der Waals surface area contributed by atoms with E-state index in [1.165, 1.54) is 43.9 Å². The average Bonchev–Trinajstić information content (AvgIpc) is 2.94. The molecule has 39 heavy (non-hydrogen) atoms. The van der Waals surface area contributed by atoms with Crippen LogP contribution in [-0.4, -0.2) is 19.2 Å². The summed E-state index contributed by atoms with van der Waals surface area (Å²) in [5.41, 5.74) is 1.72. The van der Waals surface area contributed by atoms with Crippen LogP contribution in [0.25, 0.3) is 11.1 Å². The lowest BCUT2D eigenvalue weighted by atomic mass is 10.0. The van der Waals surface area contributed by atoms with Crippen molar-refractivity contribution in [1.82, 2.24) is 0 Å². The molecule has 3 aromatic carbocycles. The van der Waals surface area contributed by atoms with Gasteiger partial charge in [0.25, 0.3) is 0 Å². The number of unbranched alkanes of at least 4 members (excludes halogenated alkanes) is 8. The first-order valence-electron chi connectivity index (χ1n) is 14.2. The molecule has 0 aromatic heterocycles. The predicted octanol–water partition coefficient (Wildman–Crippen LogP) is 9.55. The maximum absolute atomic E-state index is 14.6. The van der Waals surface area contributed by atoms with E-state index in [4.69, 9.17) is 14.2 Å². The van der Waals surface area contributed by atoms with Crippen molar-refractivity contribution < 1.29 is 27.8 Å². The largest absolute Gasteiger partial charge is 0.491 e. The molecule has 0 fully saturated rings. The zero-order valence-electron chi connectivity index (χ0n) is 23.1. The molecule has 0 aliphatic carbocycles. The molecule has 0 spiro atoms. The van der Waals surface area contributed by atoms with Crippen molar-refractivity contribution in [2.24, 2.45) is 0 Å². The number of carbonyl (C=O) groups excluding carboxylic acids is 1. The maximum atomic E-state index is 14.6. The third-order valence-corrected chi connectivity index (χ3v) is 6.51. The fraction of sp³-hybridized carbons (Fsp3) is 0.424. The highest BCUT2D eigenvalue weighted by atomic mass is 19.1. The third-order valence-electron chi connectivity index (χ3n) is 6.51. The number of rotatable bonds is 17. The topological polar surface area (TPSA) is 44.8 Å². The van der Waals surface area contributed by atoms with Gasteiger partial charge in [-0.2, -0.15) is 0 Å². The first-order valence-corrected chi connectivity index (χ1v) is 14.2. The second-order valence-electron chi connectivity index (χ2n) is 9.73. The molecule has 6 heteroatoms. The number of carbonyl (C=O) groups is 1. The predicted molar refractivity (Wildman–Crippen MR) is 152 cm³/mol. The summed E-state index contributed by atoms with van der Waals surface area (Å²) < 4.78 is 45.4. The normalized spacial score (nSPS) is 10.9. The van der Waals surface area contributed by atoms with Crippen LogP contribution in [0.3, 0.4) is 0 Å². The van der Waals surface area contributed by atoms with Crippen molar-refractivity contribution in [3.63, 3.8) is 0 Å². The van der Waals surface area contributed by atoms with Crippen LogP contribution in [0.2, 0.25) is 0 Å². The number of halogens is 2. The third kappa shape index (κ3) is 10.0. The van der Waals surface area contributed by atoms with Gasteiger partial charge in [-0.15, -0.1) is 0 Å². The Morgan fingerprint density at radius 2 is 1.13 bits per heavy atom. The van der Waals surface area contributed by atoms with Crippen molar-refractivity contribution >= 4 is 5.97 Å². The van der Waals surface area contributed by atoms with Gasteiger partial charge >= 0.3 is 5.97 Å². The van der Waals surface area contributed by atoms with Gasteiger partial charge in [0.15, 0.2) is 23.1 Å². The second kappa shape index (κ2) is 16.5. The van der Waals surface area contributed by atoms with Crippen molar-refractivity contribution in [2.75, 3.05) is 13.2 Å². The van der Waals surface area contributed by atoms with Crippen LogP contribution in [0, 0.1) is 11.6 Å². The molecule has 0 N–H and O–H groups in total.